The van der Waals surface area contributed by atoms with Gasteiger partial charge in [0.15, 0.2) is 0 Å². The van der Waals surface area contributed by atoms with Crippen LogP contribution in [0, 0.1) is 5.41 Å². The number of halogens is 1. The molecule has 1 heterocycles. The summed E-state index contributed by atoms with van der Waals surface area (Å²) in [5, 5.41) is 6.23. The highest BCUT2D eigenvalue weighted by Crippen LogP contribution is 2.28. The van der Waals surface area contributed by atoms with Crippen molar-refractivity contribution in [3.05, 3.63) is 35.9 Å². The Bertz CT molecular complexity index is 760. The quantitative estimate of drug-likeness (QED) is 0.676. The van der Waals surface area contributed by atoms with E-state index in [4.69, 9.17) is 11.6 Å². The van der Waals surface area contributed by atoms with Crippen LogP contribution in [0.4, 0.5) is 0 Å². The van der Waals surface area contributed by atoms with Crippen molar-refractivity contribution in [3.63, 3.8) is 0 Å². The zero-order valence-corrected chi connectivity index (χ0v) is 18.6. The minimum Gasteiger partial charge on any atom is -0.352 e. The molecule has 7 heteroatoms. The molecule has 0 bridgehead atoms. The van der Waals surface area contributed by atoms with Gasteiger partial charge in [-0.2, -0.15) is 0 Å². The van der Waals surface area contributed by atoms with Crippen molar-refractivity contribution >= 4 is 29.3 Å². The molecule has 3 amide bonds. The molecular formula is C23H32ClN3O3. The third-order valence-corrected chi connectivity index (χ3v) is 6.84. The summed E-state index contributed by atoms with van der Waals surface area (Å²) >= 11 is 5.96. The first-order chi connectivity index (χ1) is 14.3. The molecule has 0 unspecified atom stereocenters. The molecule has 1 aromatic rings. The molecule has 1 aliphatic carbocycles. The van der Waals surface area contributed by atoms with Crippen LogP contribution in [0.1, 0.15) is 62.7 Å². The Morgan fingerprint density at radius 1 is 1.00 bits per heavy atom. The number of nitrogens with zero attached hydrogens (tertiary/aromatic N) is 1. The Kier molecular flexibility index (Phi) is 7.40. The molecule has 1 atom stereocenters. The van der Waals surface area contributed by atoms with Crippen molar-refractivity contribution in [1.29, 1.82) is 0 Å². The Hall–Kier alpha value is -2.08. The second-order valence-corrected chi connectivity index (χ2v) is 9.34. The van der Waals surface area contributed by atoms with Crippen molar-refractivity contribution < 1.29 is 14.4 Å². The maximum atomic E-state index is 12.9. The molecular weight excluding hydrogens is 402 g/mol. The van der Waals surface area contributed by atoms with Crippen LogP contribution in [-0.4, -0.2) is 53.2 Å². The predicted molar refractivity (Wildman–Crippen MR) is 117 cm³/mol. The maximum Gasteiger partial charge on any atom is 0.251 e. The van der Waals surface area contributed by atoms with E-state index in [1.807, 2.05) is 32.0 Å². The van der Waals surface area contributed by atoms with Gasteiger partial charge in [0.2, 0.25) is 11.8 Å². The van der Waals surface area contributed by atoms with Gasteiger partial charge in [-0.25, -0.2) is 0 Å². The lowest BCUT2D eigenvalue weighted by atomic mass is 9.90. The molecule has 3 rings (SSSR count). The number of amides is 3. The number of benzene rings is 1. The molecule has 2 N–H and O–H groups in total. The minimum absolute atomic E-state index is 0.0508. The third kappa shape index (κ3) is 5.34. The second kappa shape index (κ2) is 9.82. The van der Waals surface area contributed by atoms with Crippen LogP contribution in [-0.2, 0) is 9.59 Å². The van der Waals surface area contributed by atoms with E-state index in [1.54, 1.807) is 17.0 Å². The number of rotatable bonds is 6. The van der Waals surface area contributed by atoms with E-state index in [-0.39, 0.29) is 35.7 Å². The summed E-state index contributed by atoms with van der Waals surface area (Å²) < 4.78 is 0. The standard InChI is InChI=1S/C23H32ClN3O3/c1-23(2,15-24)22(30)27-14-6-9-19(27)21(29)26-18-12-10-17(11-13-18)25-20(28)16-7-4-3-5-8-16/h3-5,7-8,17-19H,6,9-15H2,1-2H3,(H,25,28)(H,26,29)/t17?,18?,19-/m1/s1. The molecule has 0 radical (unpaired) electrons. The van der Waals surface area contributed by atoms with Gasteiger partial charge in [-0.15, -0.1) is 11.6 Å². The van der Waals surface area contributed by atoms with Gasteiger partial charge in [0.1, 0.15) is 6.04 Å². The summed E-state index contributed by atoms with van der Waals surface area (Å²) in [5.41, 5.74) is -0.00167. The number of alkyl halides is 1. The van der Waals surface area contributed by atoms with Crippen molar-refractivity contribution in [2.45, 2.75) is 70.5 Å². The van der Waals surface area contributed by atoms with Gasteiger partial charge in [-0.3, -0.25) is 14.4 Å². The normalized spacial score (nSPS) is 24.4. The van der Waals surface area contributed by atoms with E-state index < -0.39 is 11.5 Å². The van der Waals surface area contributed by atoms with Crippen LogP contribution in [0.2, 0.25) is 0 Å². The van der Waals surface area contributed by atoms with Gasteiger partial charge in [0.25, 0.3) is 5.91 Å². The van der Waals surface area contributed by atoms with Crippen molar-refractivity contribution in [2.24, 2.45) is 5.41 Å². The summed E-state index contributed by atoms with van der Waals surface area (Å²) in [6.45, 7) is 4.25. The van der Waals surface area contributed by atoms with E-state index in [0.29, 0.717) is 18.5 Å². The number of likely N-dealkylation sites (tertiary alicyclic amines) is 1. The van der Waals surface area contributed by atoms with Gasteiger partial charge in [-0.1, -0.05) is 18.2 Å². The number of carbonyl (C=O) groups is 3. The maximum absolute atomic E-state index is 12.9. The highest BCUT2D eigenvalue weighted by molar-refractivity contribution is 6.19. The van der Waals surface area contributed by atoms with Crippen LogP contribution >= 0.6 is 11.6 Å². The molecule has 1 saturated carbocycles. The van der Waals surface area contributed by atoms with Crippen LogP contribution < -0.4 is 10.6 Å². The molecule has 164 valence electrons. The smallest absolute Gasteiger partial charge is 0.251 e. The average molecular weight is 434 g/mol. The minimum atomic E-state index is -0.667. The molecule has 6 nitrogen and oxygen atoms in total. The summed E-state index contributed by atoms with van der Waals surface area (Å²) in [7, 11) is 0. The van der Waals surface area contributed by atoms with Gasteiger partial charge in [0.05, 0.1) is 5.41 Å². The Morgan fingerprint density at radius 2 is 1.60 bits per heavy atom. The van der Waals surface area contributed by atoms with E-state index in [0.717, 1.165) is 32.1 Å². The lowest BCUT2D eigenvalue weighted by Gasteiger charge is -2.34. The number of hydrogen-bond donors (Lipinski definition) is 2. The molecule has 2 fully saturated rings. The Labute approximate surface area is 183 Å². The average Bonchev–Trinajstić information content (AvgIpc) is 3.25. The highest BCUT2D eigenvalue weighted by atomic mass is 35.5. The van der Waals surface area contributed by atoms with Crippen LogP contribution in [0.3, 0.4) is 0 Å². The van der Waals surface area contributed by atoms with Crippen LogP contribution in [0.25, 0.3) is 0 Å². The van der Waals surface area contributed by atoms with Crippen molar-refractivity contribution in [3.8, 4) is 0 Å². The lowest BCUT2D eigenvalue weighted by Crippen LogP contribution is -2.53. The van der Waals surface area contributed by atoms with Crippen LogP contribution in [0.5, 0.6) is 0 Å². The number of hydrogen-bond acceptors (Lipinski definition) is 3. The fourth-order valence-corrected chi connectivity index (χ4v) is 4.38. The van der Waals surface area contributed by atoms with Gasteiger partial charge >= 0.3 is 0 Å². The molecule has 2 aliphatic rings. The lowest BCUT2D eigenvalue weighted by molar-refractivity contribution is -0.144. The highest BCUT2D eigenvalue weighted by Gasteiger charge is 2.40. The first kappa shape index (κ1) is 22.6. The van der Waals surface area contributed by atoms with Crippen molar-refractivity contribution in [1.82, 2.24) is 15.5 Å². The van der Waals surface area contributed by atoms with E-state index in [9.17, 15) is 14.4 Å². The fraction of sp³-hybridized carbons (Fsp3) is 0.609. The molecule has 0 aromatic heterocycles. The topological polar surface area (TPSA) is 78.5 Å². The third-order valence-electron chi connectivity index (χ3n) is 6.17. The largest absolute Gasteiger partial charge is 0.352 e. The number of carbonyl (C=O) groups excluding carboxylic acids is 3. The Balaban J connectivity index is 1.48. The van der Waals surface area contributed by atoms with Gasteiger partial charge < -0.3 is 15.5 Å². The molecule has 30 heavy (non-hydrogen) atoms. The molecule has 1 aliphatic heterocycles. The zero-order chi connectivity index (χ0) is 21.7. The summed E-state index contributed by atoms with van der Waals surface area (Å²) in [5.74, 6) is 0.0608. The summed E-state index contributed by atoms with van der Waals surface area (Å²) in [6.07, 6.45) is 4.82. The van der Waals surface area contributed by atoms with E-state index in [2.05, 4.69) is 10.6 Å². The number of nitrogens with one attached hydrogen (secondary N) is 2. The van der Waals surface area contributed by atoms with Gasteiger partial charge in [0, 0.05) is 30.1 Å². The first-order valence-corrected chi connectivity index (χ1v) is 11.4. The summed E-state index contributed by atoms with van der Waals surface area (Å²) in [6, 6.07) is 9.01. The predicted octanol–water partition coefficient (Wildman–Crippen LogP) is 3.10. The zero-order valence-electron chi connectivity index (χ0n) is 17.8. The summed E-state index contributed by atoms with van der Waals surface area (Å²) in [4.78, 5) is 39.7. The SMILES string of the molecule is CC(C)(CCl)C(=O)N1CCC[C@@H]1C(=O)NC1CCC(NC(=O)c2ccccc2)CC1. The second-order valence-electron chi connectivity index (χ2n) is 9.07. The molecule has 1 saturated heterocycles. The molecule has 1 aromatic carbocycles. The van der Waals surface area contributed by atoms with Gasteiger partial charge in [-0.05, 0) is 64.5 Å². The molecule has 0 spiro atoms. The fourth-order valence-electron chi connectivity index (χ4n) is 4.27. The monoisotopic (exact) mass is 433 g/mol. The van der Waals surface area contributed by atoms with E-state index in [1.165, 1.54) is 0 Å². The van der Waals surface area contributed by atoms with Crippen LogP contribution in [0.15, 0.2) is 30.3 Å². The Morgan fingerprint density at radius 3 is 2.20 bits per heavy atom. The first-order valence-electron chi connectivity index (χ1n) is 10.8. The van der Waals surface area contributed by atoms with E-state index >= 15 is 0 Å². The van der Waals surface area contributed by atoms with Crippen molar-refractivity contribution in [2.75, 3.05) is 12.4 Å².